The minimum Gasteiger partial charge on any atom is -0.497 e. The first kappa shape index (κ1) is 17.2. The largest absolute Gasteiger partial charge is 0.497 e. The Morgan fingerprint density at radius 1 is 1.11 bits per heavy atom. The van der Waals surface area contributed by atoms with E-state index in [2.05, 4.69) is 15.3 Å². The quantitative estimate of drug-likeness (QED) is 0.466. The fourth-order valence-corrected chi connectivity index (χ4v) is 3.32. The van der Waals surface area contributed by atoms with Gasteiger partial charge in [0.1, 0.15) is 5.75 Å². The van der Waals surface area contributed by atoms with Gasteiger partial charge in [-0.2, -0.15) is 0 Å². The monoisotopic (exact) mass is 379 g/mol. The van der Waals surface area contributed by atoms with Crippen LogP contribution in [0.5, 0.6) is 5.75 Å². The summed E-state index contributed by atoms with van der Waals surface area (Å²) >= 11 is 6.05. The molecule has 2 heterocycles. The summed E-state index contributed by atoms with van der Waals surface area (Å²) in [4.78, 5) is 18.6. The number of aromatic amines is 2. The molecule has 0 bridgehead atoms. The Balaban J connectivity index is 1.71. The zero-order valence-electron chi connectivity index (χ0n) is 14.7. The van der Waals surface area contributed by atoms with Crippen LogP contribution in [0.15, 0.2) is 65.6 Å². The molecular weight excluding hydrogens is 362 g/mol. The third kappa shape index (κ3) is 3.55. The summed E-state index contributed by atoms with van der Waals surface area (Å²) in [7, 11) is 1.63. The fraction of sp³-hybridized carbons (Fsp3) is 0.0952. The number of halogens is 1. The Kier molecular flexibility index (Phi) is 4.60. The van der Waals surface area contributed by atoms with Gasteiger partial charge in [0.25, 0.3) is 5.56 Å². The molecule has 136 valence electrons. The van der Waals surface area contributed by atoms with Gasteiger partial charge in [0.2, 0.25) is 0 Å². The predicted octanol–water partition coefficient (Wildman–Crippen LogP) is 4.80. The maximum absolute atomic E-state index is 12.5. The van der Waals surface area contributed by atoms with Crippen LogP contribution in [0, 0.1) is 0 Å². The molecule has 0 aliphatic rings. The van der Waals surface area contributed by atoms with Crippen molar-refractivity contribution in [1.29, 1.82) is 0 Å². The van der Waals surface area contributed by atoms with Gasteiger partial charge in [-0.1, -0.05) is 23.7 Å². The second kappa shape index (κ2) is 7.21. The number of methoxy groups -OCH3 is 1. The van der Waals surface area contributed by atoms with E-state index in [1.165, 1.54) is 0 Å². The smallest absolute Gasteiger partial charge is 0.259 e. The Morgan fingerprint density at radius 2 is 2.00 bits per heavy atom. The second-order valence-corrected chi connectivity index (χ2v) is 6.65. The lowest BCUT2D eigenvalue weighted by Crippen LogP contribution is -2.12. The highest BCUT2D eigenvalue weighted by Gasteiger charge is 2.13. The highest BCUT2D eigenvalue weighted by molar-refractivity contribution is 6.30. The molecule has 27 heavy (non-hydrogen) atoms. The van der Waals surface area contributed by atoms with Crippen molar-refractivity contribution in [2.24, 2.45) is 0 Å². The predicted molar refractivity (Wildman–Crippen MR) is 110 cm³/mol. The molecule has 0 radical (unpaired) electrons. The van der Waals surface area contributed by atoms with Crippen molar-refractivity contribution in [2.45, 2.75) is 6.54 Å². The van der Waals surface area contributed by atoms with Crippen LogP contribution >= 0.6 is 11.6 Å². The molecule has 0 saturated carbocycles. The summed E-state index contributed by atoms with van der Waals surface area (Å²) in [6.07, 6.45) is 1.64. The molecule has 2 aromatic heterocycles. The van der Waals surface area contributed by atoms with Gasteiger partial charge in [-0.15, -0.1) is 0 Å². The first-order valence-corrected chi connectivity index (χ1v) is 8.89. The molecule has 0 aliphatic carbocycles. The molecule has 0 atom stereocenters. The van der Waals surface area contributed by atoms with Crippen LogP contribution in [0.2, 0.25) is 5.02 Å². The van der Waals surface area contributed by atoms with E-state index in [1.54, 1.807) is 13.3 Å². The number of nitrogens with one attached hydrogen (secondary N) is 3. The topological polar surface area (TPSA) is 69.9 Å². The minimum atomic E-state index is -0.162. The van der Waals surface area contributed by atoms with E-state index in [0.29, 0.717) is 17.1 Å². The van der Waals surface area contributed by atoms with Gasteiger partial charge in [-0.05, 0) is 48.0 Å². The number of anilines is 1. The summed E-state index contributed by atoms with van der Waals surface area (Å²) in [5.41, 5.74) is 3.87. The lowest BCUT2D eigenvalue weighted by atomic mass is 10.1. The van der Waals surface area contributed by atoms with E-state index in [-0.39, 0.29) is 5.56 Å². The molecule has 0 saturated heterocycles. The number of aromatic nitrogens is 2. The first-order valence-electron chi connectivity index (χ1n) is 8.51. The molecule has 2 aromatic carbocycles. The van der Waals surface area contributed by atoms with Gasteiger partial charge >= 0.3 is 0 Å². The Labute approximate surface area is 161 Å². The van der Waals surface area contributed by atoms with E-state index in [0.717, 1.165) is 33.6 Å². The molecule has 0 unspecified atom stereocenters. The molecule has 0 fully saturated rings. The molecule has 0 amide bonds. The van der Waals surface area contributed by atoms with Crippen molar-refractivity contribution in [3.05, 3.63) is 81.7 Å². The number of hydrogen-bond donors (Lipinski definition) is 3. The molecule has 0 spiro atoms. The van der Waals surface area contributed by atoms with Gasteiger partial charge in [0.05, 0.1) is 24.1 Å². The van der Waals surface area contributed by atoms with Crippen molar-refractivity contribution in [1.82, 2.24) is 9.97 Å². The normalized spacial score (nSPS) is 10.9. The number of fused-ring (bicyclic) bond motifs is 1. The van der Waals surface area contributed by atoms with E-state index in [4.69, 9.17) is 16.3 Å². The van der Waals surface area contributed by atoms with Crippen LogP contribution in [0.3, 0.4) is 0 Å². The van der Waals surface area contributed by atoms with Crippen molar-refractivity contribution in [3.63, 3.8) is 0 Å². The van der Waals surface area contributed by atoms with Crippen LogP contribution in [-0.2, 0) is 6.54 Å². The van der Waals surface area contributed by atoms with Gasteiger partial charge in [-0.25, -0.2) is 0 Å². The van der Waals surface area contributed by atoms with Gasteiger partial charge in [0, 0.05) is 28.7 Å². The Bertz CT molecular complexity index is 1160. The third-order valence-electron chi connectivity index (χ3n) is 4.43. The number of hydrogen-bond acceptors (Lipinski definition) is 3. The summed E-state index contributed by atoms with van der Waals surface area (Å²) < 4.78 is 5.28. The van der Waals surface area contributed by atoms with Crippen molar-refractivity contribution in [3.8, 4) is 17.0 Å². The number of H-pyrrole nitrogens is 2. The highest BCUT2D eigenvalue weighted by Crippen LogP contribution is 2.29. The average molecular weight is 380 g/mol. The molecule has 5 nitrogen and oxygen atoms in total. The van der Waals surface area contributed by atoms with Crippen LogP contribution < -0.4 is 15.6 Å². The van der Waals surface area contributed by atoms with Crippen LogP contribution in [0.1, 0.15) is 5.56 Å². The van der Waals surface area contributed by atoms with Gasteiger partial charge in [0.15, 0.2) is 0 Å². The second-order valence-electron chi connectivity index (χ2n) is 6.22. The molecule has 4 aromatic rings. The maximum Gasteiger partial charge on any atom is 0.259 e. The summed E-state index contributed by atoms with van der Waals surface area (Å²) in [5.74, 6) is 0.773. The van der Waals surface area contributed by atoms with E-state index in [1.807, 2.05) is 54.6 Å². The minimum absolute atomic E-state index is 0.162. The molecule has 4 rings (SSSR count). The fourth-order valence-electron chi connectivity index (χ4n) is 3.11. The highest BCUT2D eigenvalue weighted by atomic mass is 35.5. The lowest BCUT2D eigenvalue weighted by Gasteiger charge is -2.10. The first-order chi connectivity index (χ1) is 13.1. The lowest BCUT2D eigenvalue weighted by molar-refractivity contribution is 0.415. The third-order valence-corrected chi connectivity index (χ3v) is 4.67. The van der Waals surface area contributed by atoms with Crippen LogP contribution in [0.25, 0.3) is 22.2 Å². The van der Waals surface area contributed by atoms with E-state index < -0.39 is 0 Å². The summed E-state index contributed by atoms with van der Waals surface area (Å²) in [6.45, 7) is 0.561. The van der Waals surface area contributed by atoms with Gasteiger partial charge < -0.3 is 20.0 Å². The Hall–Kier alpha value is -3.18. The van der Waals surface area contributed by atoms with Crippen molar-refractivity contribution >= 4 is 28.2 Å². The van der Waals surface area contributed by atoms with Crippen molar-refractivity contribution < 1.29 is 4.74 Å². The summed E-state index contributed by atoms with van der Waals surface area (Å²) in [5, 5.41) is 5.00. The number of pyridine rings is 1. The van der Waals surface area contributed by atoms with Crippen molar-refractivity contribution in [2.75, 3.05) is 12.4 Å². The zero-order valence-corrected chi connectivity index (χ0v) is 15.4. The summed E-state index contributed by atoms with van der Waals surface area (Å²) in [6, 6.07) is 17.2. The molecule has 6 heteroatoms. The zero-order chi connectivity index (χ0) is 18.8. The van der Waals surface area contributed by atoms with E-state index in [9.17, 15) is 4.79 Å². The maximum atomic E-state index is 12.5. The molecule has 0 aliphatic heterocycles. The number of rotatable bonds is 5. The average Bonchev–Trinajstić information content (AvgIpc) is 3.09. The number of benzene rings is 2. The standard InChI is InChI=1S/C21H18ClN3O2/c1-27-16-5-6-17-14(10-16)11-19(25-17)20-18(7-8-23-21(20)26)24-12-13-3-2-4-15(22)9-13/h2-11,25H,12H2,1H3,(H2,23,24,26). The SMILES string of the molecule is COc1ccc2[nH]c(-c3c(NCc4cccc(Cl)c4)cc[nH]c3=O)cc2c1. The van der Waals surface area contributed by atoms with Crippen LogP contribution in [-0.4, -0.2) is 17.1 Å². The van der Waals surface area contributed by atoms with Crippen LogP contribution in [0.4, 0.5) is 5.69 Å². The number of ether oxygens (including phenoxy) is 1. The van der Waals surface area contributed by atoms with Gasteiger partial charge in [-0.3, -0.25) is 4.79 Å². The molecular formula is C21H18ClN3O2. The Morgan fingerprint density at radius 3 is 2.81 bits per heavy atom. The van der Waals surface area contributed by atoms with E-state index >= 15 is 0 Å². The molecule has 3 N–H and O–H groups in total.